The third kappa shape index (κ3) is 5.62. The number of rotatable bonds is 7. The molecule has 0 aromatic heterocycles. The normalized spacial score (nSPS) is 26.8. The highest BCUT2D eigenvalue weighted by atomic mass is 35.5. The molecule has 4 atom stereocenters. The Balaban J connectivity index is 1.58. The van der Waals surface area contributed by atoms with Gasteiger partial charge in [-0.15, -0.1) is 0 Å². The predicted octanol–water partition coefficient (Wildman–Crippen LogP) is 5.06. The largest absolute Gasteiger partial charge is 0.379 e. The highest BCUT2D eigenvalue weighted by molar-refractivity contribution is 6.31. The fourth-order valence-electron chi connectivity index (χ4n) is 7.02. The van der Waals surface area contributed by atoms with E-state index in [2.05, 4.69) is 36.3 Å². The molecule has 0 aliphatic carbocycles. The maximum atomic E-state index is 15.9. The summed E-state index contributed by atoms with van der Waals surface area (Å²) in [6.07, 6.45) is 1.37. The molecule has 222 valence electrons. The number of likely N-dealkylation sites (tertiary alicyclic amines) is 1. The van der Waals surface area contributed by atoms with Crippen molar-refractivity contribution in [1.29, 1.82) is 0 Å². The van der Waals surface area contributed by atoms with E-state index in [1.807, 2.05) is 18.0 Å². The van der Waals surface area contributed by atoms with E-state index in [4.69, 9.17) is 27.9 Å². The van der Waals surface area contributed by atoms with Crippen LogP contribution in [0.5, 0.6) is 0 Å². The molecule has 0 bridgehead atoms. The fourth-order valence-corrected chi connectivity index (χ4v) is 7.37. The number of anilines is 1. The Hall–Kier alpha value is -2.23. The lowest BCUT2D eigenvalue weighted by Gasteiger charge is -2.39. The van der Waals surface area contributed by atoms with Crippen molar-refractivity contribution in [2.24, 2.45) is 5.41 Å². The van der Waals surface area contributed by atoms with Crippen molar-refractivity contribution in [1.82, 2.24) is 15.1 Å². The number of halogens is 3. The van der Waals surface area contributed by atoms with Crippen LogP contribution in [0.1, 0.15) is 50.7 Å². The summed E-state index contributed by atoms with van der Waals surface area (Å²) in [4.78, 5) is 32.7. The molecule has 5 rings (SSSR count). The maximum absolute atomic E-state index is 15.9. The SMILES string of the molecule is CN1[C@@H](C(=O)NCCCN2CCOCC2)[C@H](c2cccc(Cl)c2F)[C@@]2(C(=O)Nc3cc(Cl)ccc32)[C@H]1CC(C)(C)C. The first-order valence-corrected chi connectivity index (χ1v) is 15.1. The number of carbonyl (C=O) groups excluding carboxylic acids is 2. The molecule has 2 amide bonds. The minimum Gasteiger partial charge on any atom is -0.379 e. The average molecular weight is 606 g/mol. The smallest absolute Gasteiger partial charge is 0.238 e. The van der Waals surface area contributed by atoms with Gasteiger partial charge in [-0.1, -0.05) is 62.2 Å². The van der Waals surface area contributed by atoms with Crippen LogP contribution in [0.2, 0.25) is 10.0 Å². The number of likely N-dealkylation sites (N-methyl/N-ethyl adjacent to an activating group) is 1. The van der Waals surface area contributed by atoms with Crippen LogP contribution in [0.15, 0.2) is 36.4 Å². The van der Waals surface area contributed by atoms with Crippen molar-refractivity contribution < 1.29 is 18.7 Å². The molecule has 2 aromatic rings. The van der Waals surface area contributed by atoms with Gasteiger partial charge >= 0.3 is 0 Å². The highest BCUT2D eigenvalue weighted by Gasteiger charge is 2.68. The summed E-state index contributed by atoms with van der Waals surface area (Å²) >= 11 is 12.6. The van der Waals surface area contributed by atoms with Crippen LogP contribution in [0.4, 0.5) is 10.1 Å². The van der Waals surface area contributed by atoms with E-state index in [0.717, 1.165) is 44.8 Å². The van der Waals surface area contributed by atoms with Crippen LogP contribution in [0, 0.1) is 11.2 Å². The topological polar surface area (TPSA) is 73.9 Å². The number of hydrogen-bond donors (Lipinski definition) is 2. The molecule has 2 saturated heterocycles. The maximum Gasteiger partial charge on any atom is 0.238 e. The number of carbonyl (C=O) groups is 2. The number of morpholine rings is 1. The van der Waals surface area contributed by atoms with E-state index in [-0.39, 0.29) is 27.8 Å². The van der Waals surface area contributed by atoms with Gasteiger partial charge in [-0.3, -0.25) is 19.4 Å². The van der Waals surface area contributed by atoms with Crippen LogP contribution in [0.25, 0.3) is 0 Å². The van der Waals surface area contributed by atoms with E-state index in [0.29, 0.717) is 23.7 Å². The Morgan fingerprint density at radius 1 is 1.20 bits per heavy atom. The lowest BCUT2D eigenvalue weighted by molar-refractivity contribution is -0.126. The molecule has 0 unspecified atom stereocenters. The summed E-state index contributed by atoms with van der Waals surface area (Å²) in [6, 6.07) is 8.92. The third-order valence-corrected chi connectivity index (χ3v) is 9.29. The van der Waals surface area contributed by atoms with Gasteiger partial charge in [0, 0.05) is 42.3 Å². The van der Waals surface area contributed by atoms with Crippen molar-refractivity contribution in [2.45, 2.75) is 57.0 Å². The molecule has 10 heteroatoms. The molecule has 3 heterocycles. The molecule has 7 nitrogen and oxygen atoms in total. The molecule has 2 N–H and O–H groups in total. The second kappa shape index (κ2) is 11.8. The number of benzene rings is 2. The number of nitrogens with one attached hydrogen (secondary N) is 2. The monoisotopic (exact) mass is 604 g/mol. The Kier molecular flexibility index (Phi) is 8.71. The van der Waals surface area contributed by atoms with Gasteiger partial charge in [-0.25, -0.2) is 4.39 Å². The van der Waals surface area contributed by atoms with Gasteiger partial charge in [0.2, 0.25) is 11.8 Å². The van der Waals surface area contributed by atoms with Crippen molar-refractivity contribution in [3.05, 3.63) is 63.4 Å². The Labute approximate surface area is 251 Å². The fraction of sp³-hybridized carbons (Fsp3) is 0.548. The van der Waals surface area contributed by atoms with Crippen molar-refractivity contribution in [2.75, 3.05) is 51.8 Å². The van der Waals surface area contributed by atoms with Crippen LogP contribution in [-0.4, -0.2) is 80.1 Å². The van der Waals surface area contributed by atoms with Gasteiger partial charge in [0.1, 0.15) is 11.2 Å². The first-order valence-electron chi connectivity index (χ1n) is 14.3. The number of nitrogens with zero attached hydrogens (tertiary/aromatic N) is 2. The number of hydrogen-bond acceptors (Lipinski definition) is 5. The van der Waals surface area contributed by atoms with E-state index < -0.39 is 29.2 Å². The lowest BCUT2D eigenvalue weighted by Crippen LogP contribution is -2.50. The molecule has 41 heavy (non-hydrogen) atoms. The van der Waals surface area contributed by atoms with Gasteiger partial charge in [-0.2, -0.15) is 0 Å². The van der Waals surface area contributed by atoms with Crippen LogP contribution in [-0.2, 0) is 19.7 Å². The van der Waals surface area contributed by atoms with Crippen molar-refractivity contribution in [3.8, 4) is 0 Å². The second-order valence-electron chi connectivity index (χ2n) is 12.6. The highest BCUT2D eigenvalue weighted by Crippen LogP contribution is 2.60. The van der Waals surface area contributed by atoms with Gasteiger partial charge in [-0.05, 0) is 61.2 Å². The van der Waals surface area contributed by atoms with Crippen molar-refractivity contribution in [3.63, 3.8) is 0 Å². The number of ether oxygens (including phenoxy) is 1. The molecule has 0 radical (unpaired) electrons. The molecule has 3 aliphatic rings. The summed E-state index contributed by atoms with van der Waals surface area (Å²) in [5, 5.41) is 6.60. The zero-order valence-corrected chi connectivity index (χ0v) is 25.6. The Morgan fingerprint density at radius 2 is 1.93 bits per heavy atom. The summed E-state index contributed by atoms with van der Waals surface area (Å²) in [5.41, 5.74) is 0.131. The predicted molar refractivity (Wildman–Crippen MR) is 160 cm³/mol. The summed E-state index contributed by atoms with van der Waals surface area (Å²) in [5.74, 6) is -1.93. The summed E-state index contributed by atoms with van der Waals surface area (Å²) in [7, 11) is 1.87. The Bertz CT molecular complexity index is 1310. The van der Waals surface area contributed by atoms with Gasteiger partial charge in [0.05, 0.1) is 24.3 Å². The molecule has 0 saturated carbocycles. The second-order valence-corrected chi connectivity index (χ2v) is 13.5. The quantitative estimate of drug-likeness (QED) is 0.432. The van der Waals surface area contributed by atoms with Crippen LogP contribution >= 0.6 is 23.2 Å². The summed E-state index contributed by atoms with van der Waals surface area (Å²) in [6.45, 7) is 10.9. The molecular formula is C31H39Cl2FN4O3. The third-order valence-electron chi connectivity index (χ3n) is 8.76. The van der Waals surface area contributed by atoms with Crippen LogP contribution in [0.3, 0.4) is 0 Å². The molecule has 1 spiro atoms. The van der Waals surface area contributed by atoms with Gasteiger partial charge in [0.15, 0.2) is 0 Å². The zero-order chi connectivity index (χ0) is 29.5. The molecule has 2 aromatic carbocycles. The minimum absolute atomic E-state index is 0.0426. The van der Waals surface area contributed by atoms with E-state index in [1.165, 1.54) is 6.07 Å². The van der Waals surface area contributed by atoms with E-state index >= 15 is 4.39 Å². The van der Waals surface area contributed by atoms with E-state index in [1.54, 1.807) is 24.3 Å². The van der Waals surface area contributed by atoms with Gasteiger partial charge < -0.3 is 15.4 Å². The molecule has 2 fully saturated rings. The first kappa shape index (κ1) is 30.2. The molecular weight excluding hydrogens is 566 g/mol. The van der Waals surface area contributed by atoms with Crippen LogP contribution < -0.4 is 10.6 Å². The van der Waals surface area contributed by atoms with Gasteiger partial charge in [0.25, 0.3) is 0 Å². The number of fused-ring (bicyclic) bond motifs is 2. The average Bonchev–Trinajstić information content (AvgIpc) is 3.34. The van der Waals surface area contributed by atoms with Crippen molar-refractivity contribution >= 4 is 40.7 Å². The Morgan fingerprint density at radius 3 is 2.63 bits per heavy atom. The zero-order valence-electron chi connectivity index (χ0n) is 24.1. The molecule has 3 aliphatic heterocycles. The lowest BCUT2D eigenvalue weighted by atomic mass is 9.62. The van der Waals surface area contributed by atoms with E-state index in [9.17, 15) is 9.59 Å². The minimum atomic E-state index is -1.25. The summed E-state index contributed by atoms with van der Waals surface area (Å²) < 4.78 is 21.4. The number of amides is 2. The standard InChI is InChI=1S/C31H39Cl2FN4O3/c1-30(2,3)18-24-31(21-10-9-19(32)17-23(21)36-29(31)40)25(20-7-5-8-22(33)26(20)34)27(37(24)4)28(39)35-11-6-12-38-13-15-41-16-14-38/h5,7-10,17,24-25,27H,6,11-16,18H2,1-4H3,(H,35,39)(H,36,40)/t24-,25+,27-,31+/m1/s1. The first-order chi connectivity index (χ1) is 19.4.